The standard InChI is InChI=1S/C14H25NO3/c16-12-9-15(10-13(12)17)8-11-4-7-14(18-11)5-2-1-3-6-14/h11-13,16-17H,1-10H2/t11?,12-,13+. The number of ether oxygens (including phenoxy) is 1. The summed E-state index contributed by atoms with van der Waals surface area (Å²) in [5.41, 5.74) is 0.180. The summed E-state index contributed by atoms with van der Waals surface area (Å²) in [5.74, 6) is 0. The van der Waals surface area contributed by atoms with Crippen molar-refractivity contribution >= 4 is 0 Å². The van der Waals surface area contributed by atoms with Crippen LogP contribution in [-0.4, -0.2) is 58.7 Å². The summed E-state index contributed by atoms with van der Waals surface area (Å²) in [6, 6.07) is 0. The van der Waals surface area contributed by atoms with Crippen LogP contribution in [0.15, 0.2) is 0 Å². The number of rotatable bonds is 2. The molecule has 3 atom stereocenters. The van der Waals surface area contributed by atoms with Crippen molar-refractivity contribution in [2.24, 2.45) is 0 Å². The molecule has 2 heterocycles. The molecule has 0 aromatic rings. The van der Waals surface area contributed by atoms with Gasteiger partial charge in [0, 0.05) is 19.6 Å². The molecule has 0 radical (unpaired) electrons. The monoisotopic (exact) mass is 255 g/mol. The van der Waals surface area contributed by atoms with Gasteiger partial charge in [-0.05, 0) is 25.7 Å². The number of aliphatic hydroxyl groups is 2. The normalized spacial score (nSPS) is 40.7. The maximum Gasteiger partial charge on any atom is 0.0938 e. The molecule has 18 heavy (non-hydrogen) atoms. The van der Waals surface area contributed by atoms with E-state index in [9.17, 15) is 10.2 Å². The van der Waals surface area contributed by atoms with Gasteiger partial charge in [0.1, 0.15) is 0 Å². The SMILES string of the molecule is O[C@@H]1CN(CC2CCC3(CCCCC3)O2)C[C@@H]1O. The van der Waals surface area contributed by atoms with Crippen LogP contribution < -0.4 is 0 Å². The largest absolute Gasteiger partial charge is 0.389 e. The molecule has 0 aromatic carbocycles. The third-order valence-electron chi connectivity index (χ3n) is 4.90. The van der Waals surface area contributed by atoms with E-state index in [1.807, 2.05) is 0 Å². The fraction of sp³-hybridized carbons (Fsp3) is 1.00. The Morgan fingerprint density at radius 1 is 1.00 bits per heavy atom. The lowest BCUT2D eigenvalue weighted by Gasteiger charge is -2.34. The minimum Gasteiger partial charge on any atom is -0.389 e. The van der Waals surface area contributed by atoms with Gasteiger partial charge in [0.25, 0.3) is 0 Å². The third-order valence-corrected chi connectivity index (χ3v) is 4.90. The smallest absolute Gasteiger partial charge is 0.0938 e. The number of β-amino-alcohol motifs (C(OH)–C–C–N with tert-alkyl or cyclic N) is 2. The van der Waals surface area contributed by atoms with Crippen LogP contribution in [0.1, 0.15) is 44.9 Å². The van der Waals surface area contributed by atoms with E-state index in [4.69, 9.17) is 4.74 Å². The Bertz CT molecular complexity index is 281. The van der Waals surface area contributed by atoms with Crippen LogP contribution in [0, 0.1) is 0 Å². The van der Waals surface area contributed by atoms with Crippen molar-refractivity contribution in [3.8, 4) is 0 Å². The minimum absolute atomic E-state index is 0.180. The Hall–Kier alpha value is -0.160. The molecule has 3 rings (SSSR count). The molecule has 1 unspecified atom stereocenters. The first-order valence-electron chi connectivity index (χ1n) is 7.43. The number of hydrogen-bond acceptors (Lipinski definition) is 4. The van der Waals surface area contributed by atoms with Crippen LogP contribution in [0.25, 0.3) is 0 Å². The molecule has 1 aliphatic carbocycles. The fourth-order valence-electron chi connectivity index (χ4n) is 3.87. The second-order valence-corrected chi connectivity index (χ2v) is 6.38. The van der Waals surface area contributed by atoms with Gasteiger partial charge in [-0.25, -0.2) is 0 Å². The summed E-state index contributed by atoms with van der Waals surface area (Å²) in [7, 11) is 0. The number of aliphatic hydroxyl groups excluding tert-OH is 2. The molecule has 2 N–H and O–H groups in total. The van der Waals surface area contributed by atoms with Gasteiger partial charge < -0.3 is 14.9 Å². The van der Waals surface area contributed by atoms with Crippen LogP contribution in [0.4, 0.5) is 0 Å². The average Bonchev–Trinajstić information content (AvgIpc) is 2.86. The second-order valence-electron chi connectivity index (χ2n) is 6.38. The van der Waals surface area contributed by atoms with E-state index in [-0.39, 0.29) is 5.60 Å². The zero-order chi connectivity index (χ0) is 12.6. The zero-order valence-corrected chi connectivity index (χ0v) is 11.1. The number of likely N-dealkylation sites (tertiary alicyclic amines) is 1. The maximum absolute atomic E-state index is 9.55. The molecule has 3 aliphatic rings. The van der Waals surface area contributed by atoms with Crippen molar-refractivity contribution in [3.05, 3.63) is 0 Å². The van der Waals surface area contributed by atoms with Crippen molar-refractivity contribution in [3.63, 3.8) is 0 Å². The Kier molecular flexibility index (Phi) is 3.63. The van der Waals surface area contributed by atoms with Gasteiger partial charge >= 0.3 is 0 Å². The van der Waals surface area contributed by atoms with E-state index in [0.717, 1.165) is 13.0 Å². The predicted octanol–water partition coefficient (Wildman–Crippen LogP) is 0.906. The van der Waals surface area contributed by atoms with E-state index in [2.05, 4.69) is 4.90 Å². The lowest BCUT2D eigenvalue weighted by atomic mass is 9.83. The van der Waals surface area contributed by atoms with Crippen LogP contribution >= 0.6 is 0 Å². The molecule has 104 valence electrons. The molecule has 0 aromatic heterocycles. The molecule has 4 heteroatoms. The highest BCUT2D eigenvalue weighted by atomic mass is 16.5. The van der Waals surface area contributed by atoms with Gasteiger partial charge in [-0.2, -0.15) is 0 Å². The summed E-state index contributed by atoms with van der Waals surface area (Å²) in [6.07, 6.45) is 7.95. The van der Waals surface area contributed by atoms with Gasteiger partial charge in [-0.15, -0.1) is 0 Å². The summed E-state index contributed by atoms with van der Waals surface area (Å²) in [4.78, 5) is 2.14. The topological polar surface area (TPSA) is 52.9 Å². The molecule has 3 fully saturated rings. The average molecular weight is 255 g/mol. The molecule has 1 saturated carbocycles. The quantitative estimate of drug-likeness (QED) is 0.770. The molecule has 0 bridgehead atoms. The van der Waals surface area contributed by atoms with Gasteiger partial charge in [0.2, 0.25) is 0 Å². The summed E-state index contributed by atoms with van der Waals surface area (Å²) in [6.45, 7) is 2.05. The lowest BCUT2D eigenvalue weighted by molar-refractivity contribution is -0.0710. The summed E-state index contributed by atoms with van der Waals surface area (Å²) >= 11 is 0. The van der Waals surface area contributed by atoms with E-state index < -0.39 is 12.2 Å². The first-order valence-corrected chi connectivity index (χ1v) is 7.43. The lowest BCUT2D eigenvalue weighted by Crippen LogP contribution is -2.36. The van der Waals surface area contributed by atoms with Gasteiger partial charge in [0.15, 0.2) is 0 Å². The molecule has 2 saturated heterocycles. The van der Waals surface area contributed by atoms with Gasteiger partial charge in [-0.3, -0.25) is 4.90 Å². The Morgan fingerprint density at radius 3 is 2.33 bits per heavy atom. The molecule has 0 amide bonds. The van der Waals surface area contributed by atoms with Crippen molar-refractivity contribution in [1.82, 2.24) is 4.90 Å². The van der Waals surface area contributed by atoms with E-state index >= 15 is 0 Å². The van der Waals surface area contributed by atoms with Crippen molar-refractivity contribution in [2.45, 2.75) is 68.9 Å². The first kappa shape index (κ1) is 12.9. The highest BCUT2D eigenvalue weighted by molar-refractivity contribution is 4.93. The van der Waals surface area contributed by atoms with Crippen LogP contribution in [0.2, 0.25) is 0 Å². The Morgan fingerprint density at radius 2 is 1.67 bits per heavy atom. The van der Waals surface area contributed by atoms with Crippen LogP contribution in [0.3, 0.4) is 0 Å². The minimum atomic E-state index is -0.574. The molecule has 2 aliphatic heterocycles. The van der Waals surface area contributed by atoms with Gasteiger partial charge in [-0.1, -0.05) is 19.3 Å². The predicted molar refractivity (Wildman–Crippen MR) is 68.4 cm³/mol. The van der Waals surface area contributed by atoms with Gasteiger partial charge in [0.05, 0.1) is 23.9 Å². The Labute approximate surface area is 109 Å². The van der Waals surface area contributed by atoms with Crippen molar-refractivity contribution < 1.29 is 14.9 Å². The second kappa shape index (κ2) is 5.08. The number of hydrogen-bond donors (Lipinski definition) is 2. The van der Waals surface area contributed by atoms with E-state index in [1.54, 1.807) is 0 Å². The number of nitrogens with zero attached hydrogens (tertiary/aromatic N) is 1. The Balaban J connectivity index is 1.50. The van der Waals surface area contributed by atoms with Crippen LogP contribution in [-0.2, 0) is 4.74 Å². The molecule has 1 spiro atoms. The zero-order valence-electron chi connectivity index (χ0n) is 11.1. The first-order chi connectivity index (χ1) is 8.67. The van der Waals surface area contributed by atoms with E-state index in [1.165, 1.54) is 38.5 Å². The molecular weight excluding hydrogens is 230 g/mol. The fourth-order valence-corrected chi connectivity index (χ4v) is 3.87. The van der Waals surface area contributed by atoms with Crippen LogP contribution in [0.5, 0.6) is 0 Å². The maximum atomic E-state index is 9.55. The highest BCUT2D eigenvalue weighted by Crippen LogP contribution is 2.42. The molecule has 4 nitrogen and oxygen atoms in total. The molecular formula is C14H25NO3. The summed E-state index contributed by atoms with van der Waals surface area (Å²) in [5, 5.41) is 19.1. The third kappa shape index (κ3) is 2.57. The summed E-state index contributed by atoms with van der Waals surface area (Å²) < 4.78 is 6.32. The highest BCUT2D eigenvalue weighted by Gasteiger charge is 2.42. The van der Waals surface area contributed by atoms with Crippen molar-refractivity contribution in [2.75, 3.05) is 19.6 Å². The van der Waals surface area contributed by atoms with E-state index in [0.29, 0.717) is 19.2 Å². The van der Waals surface area contributed by atoms with Crippen molar-refractivity contribution in [1.29, 1.82) is 0 Å².